The number of benzene rings is 1. The van der Waals surface area contributed by atoms with Crippen molar-refractivity contribution >= 4 is 29.6 Å². The lowest BCUT2D eigenvalue weighted by Crippen LogP contribution is -2.54. The van der Waals surface area contributed by atoms with E-state index in [4.69, 9.17) is 0 Å². The molecule has 0 spiro atoms. The lowest BCUT2D eigenvalue weighted by Gasteiger charge is -2.26. The number of aryl methyl sites for hydroxylation is 3. The molecule has 1 fully saturated rings. The third kappa shape index (κ3) is 3.51. The lowest BCUT2D eigenvalue weighted by molar-refractivity contribution is -0.122. The van der Waals surface area contributed by atoms with Gasteiger partial charge in [0.1, 0.15) is 5.57 Å². The number of imide groups is 2. The van der Waals surface area contributed by atoms with E-state index in [1.165, 1.54) is 18.0 Å². The molecule has 7 heteroatoms. The number of aromatic nitrogens is 2. The summed E-state index contributed by atoms with van der Waals surface area (Å²) in [5.74, 6) is -1.37. The molecule has 4 amide bonds. The number of carbonyl (C=O) groups is 3. The molecule has 0 aliphatic carbocycles. The predicted octanol–water partition coefficient (Wildman–Crippen LogP) is 4.03. The van der Waals surface area contributed by atoms with Gasteiger partial charge in [0.2, 0.25) is 0 Å². The number of amides is 4. The fourth-order valence-corrected chi connectivity index (χ4v) is 4.14. The van der Waals surface area contributed by atoms with Crippen molar-refractivity contribution in [2.24, 2.45) is 0 Å². The number of pyridine rings is 1. The zero-order valence-electron chi connectivity index (χ0n) is 18.5. The molecule has 1 aromatic carbocycles. The first-order valence-electron chi connectivity index (χ1n) is 10.4. The van der Waals surface area contributed by atoms with Crippen molar-refractivity contribution in [3.63, 3.8) is 0 Å². The summed E-state index contributed by atoms with van der Waals surface area (Å²) >= 11 is 0. The first-order valence-corrected chi connectivity index (χ1v) is 10.4. The summed E-state index contributed by atoms with van der Waals surface area (Å²) in [5, 5.41) is 2.26. The van der Waals surface area contributed by atoms with E-state index in [0.29, 0.717) is 5.69 Å². The molecule has 0 radical (unpaired) electrons. The third-order valence-corrected chi connectivity index (χ3v) is 5.72. The number of urea groups is 1. The highest BCUT2D eigenvalue weighted by Gasteiger charge is 2.37. The highest BCUT2D eigenvalue weighted by Crippen LogP contribution is 2.29. The van der Waals surface area contributed by atoms with Crippen molar-refractivity contribution in [2.45, 2.75) is 34.1 Å². The highest BCUT2D eigenvalue weighted by atomic mass is 16.2. The van der Waals surface area contributed by atoms with Gasteiger partial charge in [-0.15, -0.1) is 0 Å². The Morgan fingerprint density at radius 3 is 2.44 bits per heavy atom. The summed E-state index contributed by atoms with van der Waals surface area (Å²) in [7, 11) is 0. The average molecular weight is 428 g/mol. The topological polar surface area (TPSA) is 84.3 Å². The maximum absolute atomic E-state index is 13.1. The lowest BCUT2D eigenvalue weighted by atomic mass is 10.0. The van der Waals surface area contributed by atoms with Crippen LogP contribution in [0.2, 0.25) is 0 Å². The van der Waals surface area contributed by atoms with Crippen molar-refractivity contribution in [1.29, 1.82) is 0 Å². The van der Waals surface area contributed by atoms with E-state index in [2.05, 4.69) is 40.8 Å². The number of nitrogens with one attached hydrogen (secondary N) is 1. The van der Waals surface area contributed by atoms with E-state index in [0.717, 1.165) is 39.5 Å². The molecule has 7 nitrogen and oxygen atoms in total. The van der Waals surface area contributed by atoms with Crippen LogP contribution < -0.4 is 10.2 Å². The van der Waals surface area contributed by atoms with Gasteiger partial charge in [-0.25, -0.2) is 9.69 Å². The molecule has 0 bridgehead atoms. The summed E-state index contributed by atoms with van der Waals surface area (Å²) in [5.41, 5.74) is 6.37. The number of rotatable bonds is 4. The molecule has 3 heterocycles. The van der Waals surface area contributed by atoms with E-state index in [1.54, 1.807) is 18.2 Å². The molecule has 1 aliphatic rings. The quantitative estimate of drug-likeness (QED) is 0.502. The molecular weight excluding hydrogens is 404 g/mol. The Labute approximate surface area is 186 Å². The number of para-hydroxylation sites is 1. The SMILES string of the molecule is CCc1cccc(C)c1-n1c(C)cc(/C=C2\C(=O)NC(=O)N(c3ccncc3)C2=O)c1C. The molecule has 162 valence electrons. The molecule has 0 atom stereocenters. The van der Waals surface area contributed by atoms with Crippen molar-refractivity contribution in [1.82, 2.24) is 14.9 Å². The number of hydrogen-bond acceptors (Lipinski definition) is 4. The molecule has 1 aliphatic heterocycles. The Kier molecular flexibility index (Phi) is 5.48. The van der Waals surface area contributed by atoms with Crippen LogP contribution in [0.1, 0.15) is 35.0 Å². The minimum Gasteiger partial charge on any atom is -0.317 e. The van der Waals surface area contributed by atoms with E-state index in [1.807, 2.05) is 26.0 Å². The van der Waals surface area contributed by atoms with E-state index in [-0.39, 0.29) is 5.57 Å². The van der Waals surface area contributed by atoms with Gasteiger partial charge in [0.05, 0.1) is 11.4 Å². The Morgan fingerprint density at radius 1 is 1.03 bits per heavy atom. The molecule has 0 saturated carbocycles. The molecule has 3 aromatic rings. The van der Waals surface area contributed by atoms with Crippen LogP contribution in [0.15, 0.2) is 54.4 Å². The molecule has 1 N–H and O–H groups in total. The van der Waals surface area contributed by atoms with Gasteiger partial charge < -0.3 is 4.57 Å². The smallest absolute Gasteiger partial charge is 0.317 e. The maximum Gasteiger partial charge on any atom is 0.335 e. The second-order valence-electron chi connectivity index (χ2n) is 7.76. The predicted molar refractivity (Wildman–Crippen MR) is 123 cm³/mol. The molecule has 32 heavy (non-hydrogen) atoms. The Bertz CT molecular complexity index is 1270. The Hall–Kier alpha value is -4.00. The summed E-state index contributed by atoms with van der Waals surface area (Å²) in [6.07, 6.45) is 5.41. The van der Waals surface area contributed by atoms with E-state index >= 15 is 0 Å². The number of barbiturate groups is 1. The van der Waals surface area contributed by atoms with Crippen LogP contribution in [0.5, 0.6) is 0 Å². The highest BCUT2D eigenvalue weighted by molar-refractivity contribution is 6.39. The van der Waals surface area contributed by atoms with Crippen LogP contribution in [0.25, 0.3) is 11.8 Å². The van der Waals surface area contributed by atoms with Crippen LogP contribution in [-0.2, 0) is 16.0 Å². The zero-order chi connectivity index (χ0) is 23.0. The molecule has 1 saturated heterocycles. The second kappa shape index (κ2) is 8.26. The first kappa shape index (κ1) is 21.2. The summed E-state index contributed by atoms with van der Waals surface area (Å²) in [4.78, 5) is 42.9. The normalized spacial score (nSPS) is 15.4. The number of hydrogen-bond donors (Lipinski definition) is 1. The third-order valence-electron chi connectivity index (χ3n) is 5.72. The molecule has 0 unspecified atom stereocenters. The summed E-state index contributed by atoms with van der Waals surface area (Å²) < 4.78 is 2.15. The van der Waals surface area contributed by atoms with Crippen LogP contribution in [0, 0.1) is 20.8 Å². The number of carbonyl (C=O) groups excluding carboxylic acids is 3. The average Bonchev–Trinajstić information content (AvgIpc) is 3.04. The van der Waals surface area contributed by atoms with E-state index in [9.17, 15) is 14.4 Å². The van der Waals surface area contributed by atoms with Crippen LogP contribution in [-0.4, -0.2) is 27.4 Å². The standard InChI is InChI=1S/C25H24N4O3/c1-5-18-8-6-7-15(2)22(18)28-16(3)13-19(17(28)4)14-21-23(30)27-25(32)29(24(21)31)20-9-11-26-12-10-20/h6-14H,5H2,1-4H3,(H,27,30,32)/b21-14+. The second-order valence-corrected chi connectivity index (χ2v) is 7.76. The van der Waals surface area contributed by atoms with Crippen molar-refractivity contribution in [3.8, 4) is 5.69 Å². The van der Waals surface area contributed by atoms with Gasteiger partial charge in [-0.2, -0.15) is 0 Å². The van der Waals surface area contributed by atoms with Crippen LogP contribution >= 0.6 is 0 Å². The largest absolute Gasteiger partial charge is 0.335 e. The van der Waals surface area contributed by atoms with Gasteiger partial charge in [0.25, 0.3) is 11.8 Å². The van der Waals surface area contributed by atoms with E-state index < -0.39 is 17.8 Å². The van der Waals surface area contributed by atoms with Gasteiger partial charge >= 0.3 is 6.03 Å². The fourth-order valence-electron chi connectivity index (χ4n) is 4.14. The Morgan fingerprint density at radius 2 is 1.75 bits per heavy atom. The minimum absolute atomic E-state index is 0.0952. The van der Waals surface area contributed by atoms with Gasteiger partial charge in [-0.05, 0) is 68.2 Å². The number of anilines is 1. The minimum atomic E-state index is -0.777. The van der Waals surface area contributed by atoms with Crippen molar-refractivity contribution < 1.29 is 14.4 Å². The fraction of sp³-hybridized carbons (Fsp3) is 0.200. The monoisotopic (exact) mass is 428 g/mol. The van der Waals surface area contributed by atoms with Gasteiger partial charge in [-0.3, -0.25) is 19.9 Å². The van der Waals surface area contributed by atoms with Gasteiger partial charge in [0, 0.05) is 23.8 Å². The first-order chi connectivity index (χ1) is 15.3. The Balaban J connectivity index is 1.81. The molecule has 4 rings (SSSR count). The van der Waals surface area contributed by atoms with Gasteiger partial charge in [0.15, 0.2) is 0 Å². The molecule has 2 aromatic heterocycles. The van der Waals surface area contributed by atoms with Crippen LogP contribution in [0.4, 0.5) is 10.5 Å². The summed E-state index contributed by atoms with van der Waals surface area (Å²) in [6, 6.07) is 10.5. The maximum atomic E-state index is 13.1. The van der Waals surface area contributed by atoms with Crippen molar-refractivity contribution in [3.05, 3.63) is 82.4 Å². The van der Waals surface area contributed by atoms with Crippen molar-refractivity contribution in [2.75, 3.05) is 4.90 Å². The number of nitrogens with zero attached hydrogens (tertiary/aromatic N) is 3. The van der Waals surface area contributed by atoms with Crippen LogP contribution in [0.3, 0.4) is 0 Å². The zero-order valence-corrected chi connectivity index (χ0v) is 18.5. The molecular formula is C25H24N4O3. The summed E-state index contributed by atoms with van der Waals surface area (Å²) in [6.45, 7) is 8.14. The van der Waals surface area contributed by atoms with Gasteiger partial charge in [-0.1, -0.05) is 25.1 Å².